The van der Waals surface area contributed by atoms with E-state index in [9.17, 15) is 9.18 Å². The molecule has 0 spiro atoms. The summed E-state index contributed by atoms with van der Waals surface area (Å²) in [4.78, 5) is 18.3. The molecule has 116 valence electrons. The summed E-state index contributed by atoms with van der Waals surface area (Å²) in [5.74, 6) is -0.313. The molecule has 0 saturated carbocycles. The third-order valence-corrected chi connectivity index (χ3v) is 5.48. The van der Waals surface area contributed by atoms with Crippen LogP contribution in [0.3, 0.4) is 0 Å². The Hall–Kier alpha value is -1.27. The lowest BCUT2D eigenvalue weighted by Crippen LogP contribution is -2.24. The lowest BCUT2D eigenvalue weighted by molar-refractivity contribution is 0.626. The van der Waals surface area contributed by atoms with Crippen LogP contribution in [0, 0.1) is 5.82 Å². The Morgan fingerprint density at radius 3 is 2.68 bits per heavy atom. The summed E-state index contributed by atoms with van der Waals surface area (Å²) in [6.45, 7) is 6.23. The van der Waals surface area contributed by atoms with Gasteiger partial charge in [-0.1, -0.05) is 32.5 Å². The third-order valence-electron chi connectivity index (χ3n) is 3.31. The van der Waals surface area contributed by atoms with Crippen molar-refractivity contribution in [1.82, 2.24) is 9.55 Å². The molecular weight excluding hydrogens is 319 g/mol. The zero-order valence-electron chi connectivity index (χ0n) is 12.7. The van der Waals surface area contributed by atoms with E-state index in [4.69, 9.17) is 4.98 Å². The number of hydrogen-bond acceptors (Lipinski definition) is 4. The number of hydrogen-bond donors (Lipinski definition) is 0. The first kappa shape index (κ1) is 15.6. The van der Waals surface area contributed by atoms with Crippen LogP contribution >= 0.6 is 23.5 Å². The molecule has 2 heterocycles. The monoisotopic (exact) mass is 336 g/mol. The van der Waals surface area contributed by atoms with Gasteiger partial charge in [0.15, 0.2) is 5.16 Å². The Morgan fingerprint density at radius 1 is 1.36 bits per heavy atom. The lowest BCUT2D eigenvalue weighted by Gasteiger charge is -2.14. The van der Waals surface area contributed by atoms with Gasteiger partial charge in [0.1, 0.15) is 5.82 Å². The van der Waals surface area contributed by atoms with Crippen molar-refractivity contribution in [2.45, 2.75) is 47.7 Å². The van der Waals surface area contributed by atoms with E-state index in [1.165, 1.54) is 12.1 Å². The standard InChI is InChI=1S/C16H17FN2OS2/c1-9(2)21-16-18-13-8-10(3)22-14(13)15(20)19(16)12-6-4-11(17)5-7-12/h4-7,9-10H,8H2,1-3H3/t10-/m0/s1. The number of nitrogens with zero attached hydrogens (tertiary/aromatic N) is 2. The van der Waals surface area contributed by atoms with Crippen LogP contribution in [0.25, 0.3) is 5.69 Å². The van der Waals surface area contributed by atoms with Crippen LogP contribution in [0.2, 0.25) is 0 Å². The number of aromatic nitrogens is 2. The number of thioether (sulfide) groups is 2. The van der Waals surface area contributed by atoms with Crippen molar-refractivity contribution in [3.63, 3.8) is 0 Å². The molecule has 0 radical (unpaired) electrons. The highest BCUT2D eigenvalue weighted by atomic mass is 32.2. The average Bonchev–Trinajstić information content (AvgIpc) is 2.81. The second-order valence-corrected chi connectivity index (χ2v) is 8.58. The largest absolute Gasteiger partial charge is 0.272 e. The van der Waals surface area contributed by atoms with E-state index >= 15 is 0 Å². The van der Waals surface area contributed by atoms with E-state index in [1.807, 2.05) is 0 Å². The average molecular weight is 336 g/mol. The lowest BCUT2D eigenvalue weighted by atomic mass is 10.2. The molecule has 0 aliphatic carbocycles. The fourth-order valence-electron chi connectivity index (χ4n) is 2.41. The molecule has 0 bridgehead atoms. The predicted molar refractivity (Wildman–Crippen MR) is 89.8 cm³/mol. The van der Waals surface area contributed by atoms with Crippen molar-refractivity contribution >= 4 is 23.5 Å². The summed E-state index contributed by atoms with van der Waals surface area (Å²) in [7, 11) is 0. The van der Waals surface area contributed by atoms with Crippen LogP contribution in [0.15, 0.2) is 39.1 Å². The molecule has 1 aromatic carbocycles. The molecule has 1 aromatic heterocycles. The van der Waals surface area contributed by atoms with Crippen LogP contribution in [-0.4, -0.2) is 20.1 Å². The fourth-order valence-corrected chi connectivity index (χ4v) is 4.39. The minimum Gasteiger partial charge on any atom is -0.268 e. The Kier molecular flexibility index (Phi) is 4.32. The van der Waals surface area contributed by atoms with E-state index in [0.29, 0.717) is 21.3 Å². The molecule has 1 atom stereocenters. The van der Waals surface area contributed by atoms with Crippen molar-refractivity contribution in [1.29, 1.82) is 0 Å². The van der Waals surface area contributed by atoms with Crippen LogP contribution in [0.1, 0.15) is 26.5 Å². The van der Waals surface area contributed by atoms with Gasteiger partial charge in [-0.15, -0.1) is 11.8 Å². The second kappa shape index (κ2) is 6.08. The minimum atomic E-state index is -0.313. The highest BCUT2D eigenvalue weighted by Crippen LogP contribution is 2.35. The van der Waals surface area contributed by atoms with Gasteiger partial charge in [-0.05, 0) is 24.3 Å². The fraction of sp³-hybridized carbons (Fsp3) is 0.375. The molecule has 6 heteroatoms. The maximum atomic E-state index is 13.2. The molecule has 1 aliphatic rings. The summed E-state index contributed by atoms with van der Waals surface area (Å²) in [5.41, 5.74) is 1.50. The van der Waals surface area contributed by atoms with Crippen molar-refractivity contribution < 1.29 is 4.39 Å². The van der Waals surface area contributed by atoms with E-state index in [1.54, 1.807) is 40.2 Å². The third kappa shape index (κ3) is 2.94. The van der Waals surface area contributed by atoms with Crippen LogP contribution in [-0.2, 0) is 6.42 Å². The first-order valence-electron chi connectivity index (χ1n) is 7.21. The highest BCUT2D eigenvalue weighted by molar-refractivity contribution is 8.00. The van der Waals surface area contributed by atoms with E-state index in [2.05, 4.69) is 20.8 Å². The van der Waals surface area contributed by atoms with Crippen LogP contribution in [0.4, 0.5) is 4.39 Å². The molecule has 0 amide bonds. The van der Waals surface area contributed by atoms with Gasteiger partial charge >= 0.3 is 0 Å². The van der Waals surface area contributed by atoms with Gasteiger partial charge in [-0.2, -0.15) is 0 Å². The molecule has 0 N–H and O–H groups in total. The van der Waals surface area contributed by atoms with Gasteiger partial charge in [-0.3, -0.25) is 9.36 Å². The normalized spacial score (nSPS) is 17.0. The van der Waals surface area contributed by atoms with Crippen molar-refractivity contribution in [2.75, 3.05) is 0 Å². The first-order chi connectivity index (χ1) is 10.5. The Bertz CT molecular complexity index is 756. The SMILES string of the molecule is CC(C)Sc1nc2c(c(=O)n1-c1ccc(F)cc1)S[C@@H](C)C2. The summed E-state index contributed by atoms with van der Waals surface area (Å²) in [5, 5.41) is 1.36. The molecule has 2 aromatic rings. The Morgan fingerprint density at radius 2 is 2.05 bits per heavy atom. The van der Waals surface area contributed by atoms with Crippen LogP contribution < -0.4 is 5.56 Å². The number of benzene rings is 1. The van der Waals surface area contributed by atoms with Crippen LogP contribution in [0.5, 0.6) is 0 Å². The molecule has 3 rings (SSSR count). The Labute approximate surface area is 137 Å². The van der Waals surface area contributed by atoms with Crippen molar-refractivity contribution in [3.8, 4) is 5.69 Å². The summed E-state index contributed by atoms with van der Waals surface area (Å²) in [6.07, 6.45) is 0.825. The Balaban J connectivity index is 2.20. The molecule has 22 heavy (non-hydrogen) atoms. The maximum Gasteiger partial charge on any atom is 0.272 e. The van der Waals surface area contributed by atoms with Crippen molar-refractivity contribution in [2.24, 2.45) is 0 Å². The quantitative estimate of drug-likeness (QED) is 0.629. The second-order valence-electron chi connectivity index (χ2n) is 5.59. The summed E-state index contributed by atoms with van der Waals surface area (Å²) < 4.78 is 14.8. The van der Waals surface area contributed by atoms with Gasteiger partial charge in [-0.25, -0.2) is 9.37 Å². The van der Waals surface area contributed by atoms with Gasteiger partial charge in [0.05, 0.1) is 16.3 Å². The maximum absolute atomic E-state index is 13.2. The van der Waals surface area contributed by atoms with E-state index < -0.39 is 0 Å². The van der Waals surface area contributed by atoms with Gasteiger partial charge in [0, 0.05) is 16.9 Å². The molecule has 0 unspecified atom stereocenters. The van der Waals surface area contributed by atoms with Gasteiger partial charge in [0.25, 0.3) is 5.56 Å². The topological polar surface area (TPSA) is 34.9 Å². The summed E-state index contributed by atoms with van der Waals surface area (Å²) in [6, 6.07) is 5.99. The van der Waals surface area contributed by atoms with E-state index in [-0.39, 0.29) is 11.4 Å². The first-order valence-corrected chi connectivity index (χ1v) is 8.97. The zero-order chi connectivity index (χ0) is 15.9. The summed E-state index contributed by atoms with van der Waals surface area (Å²) >= 11 is 3.13. The molecule has 0 saturated heterocycles. The number of halogens is 1. The van der Waals surface area contributed by atoms with Crippen molar-refractivity contribution in [3.05, 3.63) is 46.1 Å². The van der Waals surface area contributed by atoms with Gasteiger partial charge < -0.3 is 0 Å². The minimum absolute atomic E-state index is 0.0471. The smallest absolute Gasteiger partial charge is 0.268 e. The van der Waals surface area contributed by atoms with Gasteiger partial charge in [0.2, 0.25) is 0 Å². The molecule has 3 nitrogen and oxygen atoms in total. The molecular formula is C16H17FN2OS2. The predicted octanol–water partition coefficient (Wildman–Crippen LogP) is 3.91. The molecule has 0 fully saturated rings. The number of rotatable bonds is 3. The van der Waals surface area contributed by atoms with E-state index in [0.717, 1.165) is 17.0 Å². The molecule has 1 aliphatic heterocycles. The highest BCUT2D eigenvalue weighted by Gasteiger charge is 2.27. The zero-order valence-corrected chi connectivity index (χ0v) is 14.3. The number of fused-ring (bicyclic) bond motifs is 1.